The molecule has 0 atom stereocenters. The SMILES string of the molecule is O=C(Nc1ccccc1C(=O)NCC(F)(F)F)c1ccc(-c2ccc(F)cc2)o1. The first-order valence-electron chi connectivity index (χ1n) is 8.34. The van der Waals surface area contributed by atoms with Gasteiger partial charge in [0.05, 0.1) is 11.3 Å². The lowest BCUT2D eigenvalue weighted by Crippen LogP contribution is -2.34. The lowest BCUT2D eigenvalue weighted by Gasteiger charge is -2.12. The van der Waals surface area contributed by atoms with E-state index in [0.29, 0.717) is 11.3 Å². The summed E-state index contributed by atoms with van der Waals surface area (Å²) in [4.78, 5) is 24.5. The third-order valence-corrected chi connectivity index (χ3v) is 3.83. The van der Waals surface area contributed by atoms with Crippen LogP contribution in [0.1, 0.15) is 20.9 Å². The molecule has 0 bridgehead atoms. The first-order valence-corrected chi connectivity index (χ1v) is 8.34. The summed E-state index contributed by atoms with van der Waals surface area (Å²) < 4.78 is 55.4. The van der Waals surface area contributed by atoms with Crippen molar-refractivity contribution >= 4 is 17.5 Å². The second-order valence-electron chi connectivity index (χ2n) is 5.97. The molecule has 1 aromatic heterocycles. The van der Waals surface area contributed by atoms with E-state index in [1.165, 1.54) is 60.7 Å². The van der Waals surface area contributed by atoms with Gasteiger partial charge in [0.15, 0.2) is 5.76 Å². The largest absolute Gasteiger partial charge is 0.451 e. The Morgan fingerprint density at radius 3 is 2.28 bits per heavy atom. The number of rotatable bonds is 5. The summed E-state index contributed by atoms with van der Waals surface area (Å²) >= 11 is 0. The summed E-state index contributed by atoms with van der Waals surface area (Å²) in [5.41, 5.74) is 0.449. The molecule has 0 aliphatic heterocycles. The number of furan rings is 1. The average molecular weight is 406 g/mol. The number of alkyl halides is 3. The summed E-state index contributed by atoms with van der Waals surface area (Å²) in [7, 11) is 0. The van der Waals surface area contributed by atoms with E-state index in [9.17, 15) is 27.2 Å². The number of amides is 2. The molecule has 2 amide bonds. The van der Waals surface area contributed by atoms with Gasteiger partial charge < -0.3 is 15.1 Å². The van der Waals surface area contributed by atoms with E-state index in [-0.39, 0.29) is 17.0 Å². The fourth-order valence-corrected chi connectivity index (χ4v) is 2.48. The molecule has 29 heavy (non-hydrogen) atoms. The highest BCUT2D eigenvalue weighted by Crippen LogP contribution is 2.24. The van der Waals surface area contributed by atoms with Gasteiger partial charge in [-0.05, 0) is 48.5 Å². The highest BCUT2D eigenvalue weighted by molar-refractivity contribution is 6.08. The van der Waals surface area contributed by atoms with Crippen LogP contribution in [0.4, 0.5) is 23.2 Å². The van der Waals surface area contributed by atoms with Gasteiger partial charge in [-0.25, -0.2) is 4.39 Å². The third kappa shape index (κ3) is 5.22. The smallest absolute Gasteiger partial charge is 0.405 e. The Hall–Kier alpha value is -3.62. The van der Waals surface area contributed by atoms with Crippen molar-refractivity contribution in [2.75, 3.05) is 11.9 Å². The molecule has 1 heterocycles. The first-order chi connectivity index (χ1) is 13.7. The van der Waals surface area contributed by atoms with E-state index >= 15 is 0 Å². The summed E-state index contributed by atoms with van der Waals surface area (Å²) in [6.45, 7) is -1.49. The zero-order chi connectivity index (χ0) is 21.0. The van der Waals surface area contributed by atoms with Crippen LogP contribution >= 0.6 is 0 Å². The molecular weight excluding hydrogens is 392 g/mol. The van der Waals surface area contributed by atoms with Gasteiger partial charge in [-0.15, -0.1) is 0 Å². The predicted octanol–water partition coefficient (Wildman–Crippen LogP) is 4.63. The van der Waals surface area contributed by atoms with Crippen molar-refractivity contribution in [1.82, 2.24) is 5.32 Å². The summed E-state index contributed by atoms with van der Waals surface area (Å²) in [5, 5.41) is 4.20. The minimum absolute atomic E-state index is 0.0249. The van der Waals surface area contributed by atoms with Crippen molar-refractivity contribution in [3.63, 3.8) is 0 Å². The van der Waals surface area contributed by atoms with Crippen LogP contribution in [-0.4, -0.2) is 24.5 Å². The molecule has 0 aliphatic carbocycles. The Kier molecular flexibility index (Phi) is 5.67. The van der Waals surface area contributed by atoms with Gasteiger partial charge in [0, 0.05) is 5.56 Å². The molecule has 150 valence electrons. The molecule has 0 unspecified atom stereocenters. The molecule has 9 heteroatoms. The molecule has 0 saturated heterocycles. The van der Waals surface area contributed by atoms with Crippen molar-refractivity contribution in [2.45, 2.75) is 6.18 Å². The maximum absolute atomic E-state index is 13.0. The normalized spacial score (nSPS) is 11.2. The van der Waals surface area contributed by atoms with Gasteiger partial charge in [-0.3, -0.25) is 9.59 Å². The number of anilines is 1. The van der Waals surface area contributed by atoms with Crippen molar-refractivity contribution in [2.24, 2.45) is 0 Å². The predicted molar refractivity (Wildman–Crippen MR) is 96.9 cm³/mol. The second kappa shape index (κ2) is 8.17. The molecule has 5 nitrogen and oxygen atoms in total. The maximum Gasteiger partial charge on any atom is 0.405 e. The molecule has 0 spiro atoms. The van der Waals surface area contributed by atoms with E-state index in [0.717, 1.165) is 0 Å². The summed E-state index contributed by atoms with van der Waals surface area (Å²) in [5.74, 6) is -1.86. The lowest BCUT2D eigenvalue weighted by atomic mass is 10.1. The third-order valence-electron chi connectivity index (χ3n) is 3.83. The Morgan fingerprint density at radius 1 is 0.897 bits per heavy atom. The summed E-state index contributed by atoms with van der Waals surface area (Å²) in [6.07, 6.45) is -4.56. The highest BCUT2D eigenvalue weighted by atomic mass is 19.4. The molecule has 0 saturated carbocycles. The number of carbonyl (C=O) groups excluding carboxylic acids is 2. The van der Waals surface area contributed by atoms with E-state index in [1.54, 1.807) is 5.32 Å². The minimum Gasteiger partial charge on any atom is -0.451 e. The zero-order valence-electron chi connectivity index (χ0n) is 14.7. The van der Waals surface area contributed by atoms with Crippen LogP contribution in [0.2, 0.25) is 0 Å². The van der Waals surface area contributed by atoms with Gasteiger partial charge in [0.2, 0.25) is 0 Å². The van der Waals surface area contributed by atoms with Gasteiger partial charge >= 0.3 is 6.18 Å². The Balaban J connectivity index is 1.74. The number of hydrogen-bond acceptors (Lipinski definition) is 3. The first kappa shape index (κ1) is 20.1. The summed E-state index contributed by atoms with van der Waals surface area (Å²) in [6, 6.07) is 14.0. The number of nitrogens with one attached hydrogen (secondary N) is 2. The minimum atomic E-state index is -4.56. The number of hydrogen-bond donors (Lipinski definition) is 2. The van der Waals surface area contributed by atoms with Crippen LogP contribution in [0.3, 0.4) is 0 Å². The van der Waals surface area contributed by atoms with Gasteiger partial charge in [-0.1, -0.05) is 12.1 Å². The monoisotopic (exact) mass is 406 g/mol. The fourth-order valence-electron chi connectivity index (χ4n) is 2.48. The zero-order valence-corrected chi connectivity index (χ0v) is 14.7. The van der Waals surface area contributed by atoms with Crippen LogP contribution in [0.15, 0.2) is 65.1 Å². The topological polar surface area (TPSA) is 71.3 Å². The fraction of sp³-hybridized carbons (Fsp3) is 0.100. The van der Waals surface area contributed by atoms with Crippen molar-refractivity contribution in [3.8, 4) is 11.3 Å². The quantitative estimate of drug-likeness (QED) is 0.607. The van der Waals surface area contributed by atoms with Gasteiger partial charge in [0.25, 0.3) is 11.8 Å². The molecule has 0 radical (unpaired) electrons. The Labute approximate surface area is 162 Å². The molecule has 2 N–H and O–H groups in total. The number of para-hydroxylation sites is 1. The second-order valence-corrected chi connectivity index (χ2v) is 5.97. The van der Waals surface area contributed by atoms with Crippen LogP contribution in [-0.2, 0) is 0 Å². The standard InChI is InChI=1S/C20H14F4N2O3/c21-13-7-5-12(6-8-13)16-9-10-17(29-16)19(28)26-15-4-2-1-3-14(15)18(27)25-11-20(22,23)24/h1-10H,11H2,(H,25,27)(H,26,28). The number of benzene rings is 2. The molecule has 3 aromatic rings. The van der Waals surface area contributed by atoms with Gasteiger partial charge in [0.1, 0.15) is 18.1 Å². The molecular formula is C20H14F4N2O3. The van der Waals surface area contributed by atoms with Crippen LogP contribution in [0.5, 0.6) is 0 Å². The molecule has 3 rings (SSSR count). The molecule has 0 fully saturated rings. The molecule has 2 aromatic carbocycles. The van der Waals surface area contributed by atoms with Crippen LogP contribution < -0.4 is 10.6 Å². The Bertz CT molecular complexity index is 1030. The van der Waals surface area contributed by atoms with Crippen molar-refractivity contribution < 1.29 is 31.6 Å². The van der Waals surface area contributed by atoms with Crippen molar-refractivity contribution in [1.29, 1.82) is 0 Å². The van der Waals surface area contributed by atoms with E-state index < -0.39 is 30.4 Å². The number of halogens is 4. The van der Waals surface area contributed by atoms with Crippen LogP contribution in [0.25, 0.3) is 11.3 Å². The highest BCUT2D eigenvalue weighted by Gasteiger charge is 2.28. The average Bonchev–Trinajstić information content (AvgIpc) is 3.17. The van der Waals surface area contributed by atoms with Gasteiger partial charge in [-0.2, -0.15) is 13.2 Å². The number of carbonyl (C=O) groups is 2. The van der Waals surface area contributed by atoms with E-state index in [2.05, 4.69) is 5.32 Å². The van der Waals surface area contributed by atoms with E-state index in [4.69, 9.17) is 4.42 Å². The Morgan fingerprint density at radius 2 is 1.59 bits per heavy atom. The maximum atomic E-state index is 13.0. The van der Waals surface area contributed by atoms with E-state index in [1.807, 2.05) is 0 Å². The van der Waals surface area contributed by atoms with Crippen LogP contribution in [0, 0.1) is 5.82 Å². The lowest BCUT2D eigenvalue weighted by molar-refractivity contribution is -0.123. The molecule has 0 aliphatic rings. The van der Waals surface area contributed by atoms with Crippen molar-refractivity contribution in [3.05, 3.63) is 77.8 Å².